The summed E-state index contributed by atoms with van der Waals surface area (Å²) in [5, 5.41) is 22.3. The maximum absolute atomic E-state index is 12.1. The van der Waals surface area contributed by atoms with E-state index in [1.54, 1.807) is 0 Å². The summed E-state index contributed by atoms with van der Waals surface area (Å²) in [6.45, 7) is 1.10. The Morgan fingerprint density at radius 1 is 1.30 bits per heavy atom. The molecular formula is C13H10LiNO5. The Morgan fingerprint density at radius 3 is 2.50 bits per heavy atom. The Labute approximate surface area is 126 Å². The molecular weight excluding hydrogens is 257 g/mol. The maximum Gasteiger partial charge on any atom is 1.00 e. The molecule has 0 aromatic heterocycles. The molecule has 1 aromatic carbocycles. The van der Waals surface area contributed by atoms with Crippen LogP contribution in [0.5, 0.6) is 0 Å². The number of nitrogens with zero attached hydrogens (tertiary/aromatic N) is 1. The number of fused-ring (bicyclic) bond motifs is 1. The van der Waals surface area contributed by atoms with Gasteiger partial charge in [-0.3, -0.25) is 19.7 Å². The first-order valence-corrected chi connectivity index (χ1v) is 5.65. The van der Waals surface area contributed by atoms with Crippen LogP contribution in [0.25, 0.3) is 0 Å². The number of allylic oxidation sites excluding steroid dienone is 2. The van der Waals surface area contributed by atoms with E-state index < -0.39 is 22.2 Å². The number of Topliss-reactive ketones (excluding diaryl/α,β-unsaturated/α-hetero) is 2. The van der Waals surface area contributed by atoms with E-state index >= 15 is 0 Å². The van der Waals surface area contributed by atoms with Gasteiger partial charge in [0.2, 0.25) is 0 Å². The van der Waals surface area contributed by atoms with E-state index in [9.17, 15) is 24.8 Å². The maximum atomic E-state index is 12.1. The standard InChI is InChI=1S/C13H11NO5.Li/c1-7(15)12(16)10-5-3-8-2-4-9(14(18)19)6-11(8)13(10)17;/h2,4,6,16H,3,5H2,1H3;/q;+1/p-1/b12-10-;. The SMILES string of the molecule is CC(=O)/C([O-])=C1\CCc2ccc([N+](=O)[O-])cc2C1=O.[Li+]. The monoisotopic (exact) mass is 267 g/mol. The summed E-state index contributed by atoms with van der Waals surface area (Å²) in [7, 11) is 0. The molecule has 0 heterocycles. The number of nitro benzene ring substituents is 1. The number of hydrogen-bond acceptors (Lipinski definition) is 5. The summed E-state index contributed by atoms with van der Waals surface area (Å²) in [6, 6.07) is 3.99. The zero-order valence-corrected chi connectivity index (χ0v) is 11.1. The zero-order chi connectivity index (χ0) is 14.2. The zero-order valence-electron chi connectivity index (χ0n) is 11.1. The minimum Gasteiger partial charge on any atom is -0.870 e. The van der Waals surface area contributed by atoms with Crippen molar-refractivity contribution in [2.45, 2.75) is 19.8 Å². The van der Waals surface area contributed by atoms with Gasteiger partial charge in [-0.1, -0.05) is 11.8 Å². The summed E-state index contributed by atoms with van der Waals surface area (Å²) in [6.07, 6.45) is 0.621. The molecule has 0 saturated carbocycles. The Morgan fingerprint density at radius 2 is 1.95 bits per heavy atom. The summed E-state index contributed by atoms with van der Waals surface area (Å²) < 4.78 is 0. The molecule has 0 radical (unpaired) electrons. The number of nitro groups is 1. The number of aryl methyl sites for hydroxylation is 1. The molecule has 1 aliphatic rings. The van der Waals surface area contributed by atoms with E-state index in [1.807, 2.05) is 0 Å². The van der Waals surface area contributed by atoms with Gasteiger partial charge in [0, 0.05) is 17.7 Å². The fraction of sp³-hybridized carbons (Fsp3) is 0.231. The second-order valence-electron chi connectivity index (χ2n) is 4.29. The van der Waals surface area contributed by atoms with Crippen molar-refractivity contribution in [3.05, 3.63) is 50.8 Å². The van der Waals surface area contributed by atoms with Crippen molar-refractivity contribution in [3.63, 3.8) is 0 Å². The molecule has 0 bridgehead atoms. The van der Waals surface area contributed by atoms with Crippen LogP contribution < -0.4 is 24.0 Å². The Balaban J connectivity index is 0.00000200. The topological polar surface area (TPSA) is 100 Å². The van der Waals surface area contributed by atoms with E-state index in [0.717, 1.165) is 13.0 Å². The van der Waals surface area contributed by atoms with Crippen molar-refractivity contribution >= 4 is 17.3 Å². The fourth-order valence-electron chi connectivity index (χ4n) is 2.07. The third kappa shape index (κ3) is 2.82. The molecule has 1 aromatic rings. The van der Waals surface area contributed by atoms with Crippen LogP contribution in [0.4, 0.5) is 5.69 Å². The van der Waals surface area contributed by atoms with Gasteiger partial charge in [-0.2, -0.15) is 0 Å². The molecule has 6 nitrogen and oxygen atoms in total. The second kappa shape index (κ2) is 6.03. The molecule has 0 atom stereocenters. The van der Waals surface area contributed by atoms with E-state index in [4.69, 9.17) is 0 Å². The molecule has 0 amide bonds. The Bertz CT molecular complexity index is 636. The molecule has 7 heteroatoms. The van der Waals surface area contributed by atoms with Crippen LogP contribution in [0.3, 0.4) is 0 Å². The fourth-order valence-corrected chi connectivity index (χ4v) is 2.07. The summed E-state index contributed by atoms with van der Waals surface area (Å²) in [5.74, 6) is -2.08. The Kier molecular flexibility index (Phi) is 4.87. The third-order valence-corrected chi connectivity index (χ3v) is 3.06. The molecule has 0 unspecified atom stereocenters. The summed E-state index contributed by atoms with van der Waals surface area (Å²) >= 11 is 0. The first-order chi connectivity index (χ1) is 8.91. The van der Waals surface area contributed by atoms with Crippen molar-refractivity contribution in [1.82, 2.24) is 0 Å². The van der Waals surface area contributed by atoms with Gasteiger partial charge in [0.25, 0.3) is 5.69 Å². The van der Waals surface area contributed by atoms with Gasteiger partial charge in [-0.15, -0.1) is 0 Å². The molecule has 1 aliphatic carbocycles. The van der Waals surface area contributed by atoms with Gasteiger partial charge in [0.1, 0.15) is 5.78 Å². The van der Waals surface area contributed by atoms with E-state index in [0.29, 0.717) is 12.0 Å². The number of carbonyl (C=O) groups excluding carboxylic acids is 2. The van der Waals surface area contributed by atoms with Gasteiger partial charge >= 0.3 is 18.9 Å². The largest absolute Gasteiger partial charge is 1.00 e. The minimum atomic E-state index is -0.804. The first kappa shape index (κ1) is 16.2. The van der Waals surface area contributed by atoms with Crippen LogP contribution in [-0.2, 0) is 11.2 Å². The van der Waals surface area contributed by atoms with Crippen LogP contribution in [0.2, 0.25) is 0 Å². The van der Waals surface area contributed by atoms with Gasteiger partial charge in [0.05, 0.1) is 4.92 Å². The van der Waals surface area contributed by atoms with Crippen LogP contribution in [0.1, 0.15) is 29.3 Å². The average molecular weight is 267 g/mol. The molecule has 0 fully saturated rings. The van der Waals surface area contributed by atoms with Gasteiger partial charge in [-0.05, 0) is 30.9 Å². The Hall–Kier alpha value is -1.90. The molecule has 98 valence electrons. The van der Waals surface area contributed by atoms with Crippen LogP contribution in [0, 0.1) is 10.1 Å². The van der Waals surface area contributed by atoms with Gasteiger partial charge in [0.15, 0.2) is 5.78 Å². The number of carbonyl (C=O) groups is 2. The van der Waals surface area contributed by atoms with E-state index in [1.165, 1.54) is 12.1 Å². The third-order valence-electron chi connectivity index (χ3n) is 3.06. The minimum absolute atomic E-state index is 0. The van der Waals surface area contributed by atoms with Crippen molar-refractivity contribution in [2.75, 3.05) is 0 Å². The smallest absolute Gasteiger partial charge is 0.870 e. The van der Waals surface area contributed by atoms with Crippen molar-refractivity contribution in [3.8, 4) is 0 Å². The quantitative estimate of drug-likeness (QED) is 0.201. The van der Waals surface area contributed by atoms with Gasteiger partial charge in [-0.25, -0.2) is 0 Å². The van der Waals surface area contributed by atoms with Crippen molar-refractivity contribution in [1.29, 1.82) is 0 Å². The van der Waals surface area contributed by atoms with Gasteiger partial charge < -0.3 is 5.11 Å². The van der Waals surface area contributed by atoms with Crippen molar-refractivity contribution < 1.29 is 38.5 Å². The second-order valence-corrected chi connectivity index (χ2v) is 4.29. The first-order valence-electron chi connectivity index (χ1n) is 5.65. The number of ketones is 2. The van der Waals surface area contributed by atoms with Crippen LogP contribution in [0.15, 0.2) is 29.5 Å². The van der Waals surface area contributed by atoms with Crippen LogP contribution in [-0.4, -0.2) is 16.5 Å². The van der Waals surface area contributed by atoms with E-state index in [2.05, 4.69) is 0 Å². The predicted octanol–water partition coefficient (Wildman–Crippen LogP) is -2.07. The number of benzene rings is 1. The number of hydrogen-bond donors (Lipinski definition) is 0. The number of non-ortho nitro benzene ring substituents is 1. The summed E-state index contributed by atoms with van der Waals surface area (Å²) in [4.78, 5) is 33.2. The molecule has 0 spiro atoms. The normalized spacial score (nSPS) is 15.9. The molecule has 0 aliphatic heterocycles. The molecule has 0 N–H and O–H groups in total. The molecule has 0 saturated heterocycles. The average Bonchev–Trinajstić information content (AvgIpc) is 2.38. The molecule has 20 heavy (non-hydrogen) atoms. The number of rotatable bonds is 2. The predicted molar refractivity (Wildman–Crippen MR) is 63.5 cm³/mol. The summed E-state index contributed by atoms with van der Waals surface area (Å²) in [5.41, 5.74) is 0.518. The van der Waals surface area contributed by atoms with Crippen LogP contribution >= 0.6 is 0 Å². The van der Waals surface area contributed by atoms with Crippen molar-refractivity contribution in [2.24, 2.45) is 0 Å². The molecule has 2 rings (SSSR count). The van der Waals surface area contributed by atoms with E-state index in [-0.39, 0.29) is 42.1 Å².